The molecule has 1 aliphatic rings. The van der Waals surface area contributed by atoms with E-state index in [0.29, 0.717) is 10.0 Å². The molecule has 1 saturated heterocycles. The third-order valence-corrected chi connectivity index (χ3v) is 2.93. The van der Waals surface area contributed by atoms with Gasteiger partial charge in [0.1, 0.15) is 0 Å². The van der Waals surface area contributed by atoms with Crippen molar-refractivity contribution in [3.63, 3.8) is 0 Å². The van der Waals surface area contributed by atoms with Gasteiger partial charge in [-0.3, -0.25) is 0 Å². The third-order valence-electron chi connectivity index (χ3n) is 2.47. The van der Waals surface area contributed by atoms with Gasteiger partial charge in [-0.25, -0.2) is 0 Å². The molecule has 1 aromatic carbocycles. The zero-order valence-corrected chi connectivity index (χ0v) is 10.5. The fourth-order valence-electron chi connectivity index (χ4n) is 1.55. The van der Waals surface area contributed by atoms with Crippen LogP contribution in [0.4, 0.5) is 13.2 Å². The van der Waals surface area contributed by atoms with Crippen molar-refractivity contribution in [2.45, 2.75) is 18.6 Å². The molecule has 2 rings (SSSR count). The van der Waals surface area contributed by atoms with Gasteiger partial charge in [0.05, 0.1) is 5.56 Å². The smallest absolute Gasteiger partial charge is 0.310 e. The van der Waals surface area contributed by atoms with Gasteiger partial charge in [0.25, 0.3) is 0 Å². The molecule has 0 bridgehead atoms. The van der Waals surface area contributed by atoms with Crippen LogP contribution in [0.15, 0.2) is 22.7 Å². The third kappa shape index (κ3) is 2.90. The Balaban J connectivity index is 0.00000128. The van der Waals surface area contributed by atoms with Gasteiger partial charge in [-0.1, -0.05) is 15.9 Å². The van der Waals surface area contributed by atoms with Crippen molar-refractivity contribution < 1.29 is 13.2 Å². The van der Waals surface area contributed by atoms with Crippen LogP contribution >= 0.6 is 28.3 Å². The summed E-state index contributed by atoms with van der Waals surface area (Å²) in [7, 11) is 0. The first kappa shape index (κ1) is 13.8. The minimum Gasteiger partial charge on any atom is -0.310 e. The van der Waals surface area contributed by atoms with E-state index >= 15 is 0 Å². The molecule has 1 atom stereocenters. The Hall–Kier alpha value is -0.260. The number of halogens is 5. The van der Waals surface area contributed by atoms with Gasteiger partial charge in [0, 0.05) is 10.5 Å². The topological polar surface area (TPSA) is 12.0 Å². The van der Waals surface area contributed by atoms with Crippen molar-refractivity contribution in [1.29, 1.82) is 0 Å². The lowest BCUT2D eigenvalue weighted by Gasteiger charge is -2.28. The monoisotopic (exact) mass is 315 g/mol. The molecule has 16 heavy (non-hydrogen) atoms. The standard InChI is InChI=1S/C10H9BrF3N.ClH/c11-8-4-6(9-1-2-15-9)3-7(5-8)10(12,13)14;/h3-5,9,15H,1-2H2;1H/t9-;/m0./s1. The molecule has 0 aliphatic carbocycles. The molecule has 0 unspecified atom stereocenters. The molecule has 6 heteroatoms. The van der Waals surface area contributed by atoms with Crippen molar-refractivity contribution >= 4 is 28.3 Å². The van der Waals surface area contributed by atoms with E-state index in [2.05, 4.69) is 21.2 Å². The maximum Gasteiger partial charge on any atom is 0.416 e. The van der Waals surface area contributed by atoms with E-state index < -0.39 is 11.7 Å². The van der Waals surface area contributed by atoms with Gasteiger partial charge in [-0.05, 0) is 36.7 Å². The zero-order valence-electron chi connectivity index (χ0n) is 8.14. The van der Waals surface area contributed by atoms with E-state index in [1.54, 1.807) is 6.07 Å². The molecule has 1 nitrogen and oxygen atoms in total. The van der Waals surface area contributed by atoms with Crippen molar-refractivity contribution in [2.24, 2.45) is 0 Å². The molecule has 1 N–H and O–H groups in total. The van der Waals surface area contributed by atoms with Crippen LogP contribution in [0.3, 0.4) is 0 Å². The molecule has 0 radical (unpaired) electrons. The SMILES string of the molecule is Cl.FC(F)(F)c1cc(Br)cc([C@@H]2CCN2)c1. The molecule has 1 aliphatic heterocycles. The number of rotatable bonds is 1. The predicted molar refractivity (Wildman–Crippen MR) is 61.8 cm³/mol. The van der Waals surface area contributed by atoms with Gasteiger partial charge in [0.15, 0.2) is 0 Å². The number of benzene rings is 1. The highest BCUT2D eigenvalue weighted by atomic mass is 79.9. The largest absolute Gasteiger partial charge is 0.416 e. The van der Waals surface area contributed by atoms with Gasteiger partial charge in [-0.15, -0.1) is 12.4 Å². The highest BCUT2D eigenvalue weighted by Gasteiger charge is 2.32. The zero-order chi connectivity index (χ0) is 11.1. The summed E-state index contributed by atoms with van der Waals surface area (Å²) in [4.78, 5) is 0. The minimum absolute atomic E-state index is 0. The second-order valence-electron chi connectivity index (χ2n) is 3.57. The first-order chi connectivity index (χ1) is 6.97. The molecule has 0 amide bonds. The van der Waals surface area contributed by atoms with Crippen molar-refractivity contribution in [2.75, 3.05) is 6.54 Å². The van der Waals surface area contributed by atoms with E-state index in [9.17, 15) is 13.2 Å². The Kier molecular flexibility index (Phi) is 4.26. The van der Waals surface area contributed by atoms with Crippen molar-refractivity contribution in [3.8, 4) is 0 Å². The average Bonchev–Trinajstić information content (AvgIpc) is 1.97. The van der Waals surface area contributed by atoms with Crippen molar-refractivity contribution in [1.82, 2.24) is 5.32 Å². The maximum atomic E-state index is 12.5. The van der Waals surface area contributed by atoms with E-state index in [1.165, 1.54) is 6.07 Å². The first-order valence-electron chi connectivity index (χ1n) is 4.58. The summed E-state index contributed by atoms with van der Waals surface area (Å²) in [5.74, 6) is 0. The number of alkyl halides is 3. The molecule has 90 valence electrons. The predicted octanol–water partition coefficient (Wildman–Crippen LogP) is 3.92. The Morgan fingerprint density at radius 3 is 2.31 bits per heavy atom. The molecule has 0 aromatic heterocycles. The summed E-state index contributed by atoms with van der Waals surface area (Å²) in [6, 6.07) is 4.11. The van der Waals surface area contributed by atoms with E-state index in [0.717, 1.165) is 19.0 Å². The summed E-state index contributed by atoms with van der Waals surface area (Å²) < 4.78 is 37.9. The molecular formula is C10H10BrClF3N. The first-order valence-corrected chi connectivity index (χ1v) is 5.37. The fraction of sp³-hybridized carbons (Fsp3) is 0.400. The summed E-state index contributed by atoms with van der Waals surface area (Å²) in [5.41, 5.74) is 0.100. The van der Waals surface area contributed by atoms with E-state index in [-0.39, 0.29) is 18.4 Å². The van der Waals surface area contributed by atoms with Crippen LogP contribution in [0.5, 0.6) is 0 Å². The molecule has 0 saturated carbocycles. The summed E-state index contributed by atoms with van der Waals surface area (Å²) in [6.45, 7) is 0.874. The second kappa shape index (κ2) is 4.94. The summed E-state index contributed by atoms with van der Waals surface area (Å²) in [5, 5.41) is 3.08. The maximum absolute atomic E-state index is 12.5. The van der Waals surface area contributed by atoms with Crippen LogP contribution in [0.25, 0.3) is 0 Å². The molecule has 1 aromatic rings. The lowest BCUT2D eigenvalue weighted by Crippen LogP contribution is -2.35. The van der Waals surface area contributed by atoms with Gasteiger partial charge in [-0.2, -0.15) is 13.2 Å². The second-order valence-corrected chi connectivity index (χ2v) is 4.48. The lowest BCUT2D eigenvalue weighted by atomic mass is 9.96. The number of hydrogen-bond acceptors (Lipinski definition) is 1. The number of nitrogens with one attached hydrogen (secondary N) is 1. The van der Waals surface area contributed by atoms with E-state index in [1.807, 2.05) is 0 Å². The highest BCUT2D eigenvalue weighted by molar-refractivity contribution is 9.10. The average molecular weight is 317 g/mol. The molecular weight excluding hydrogens is 306 g/mol. The van der Waals surface area contributed by atoms with Gasteiger partial charge < -0.3 is 5.32 Å². The van der Waals surface area contributed by atoms with Gasteiger partial charge >= 0.3 is 6.18 Å². The quantitative estimate of drug-likeness (QED) is 0.828. The normalized spacial score (nSPS) is 19.9. The van der Waals surface area contributed by atoms with Crippen LogP contribution in [0, 0.1) is 0 Å². The van der Waals surface area contributed by atoms with Crippen LogP contribution in [0.2, 0.25) is 0 Å². The van der Waals surface area contributed by atoms with E-state index in [4.69, 9.17) is 0 Å². The van der Waals surface area contributed by atoms with Crippen molar-refractivity contribution in [3.05, 3.63) is 33.8 Å². The fourth-order valence-corrected chi connectivity index (χ4v) is 2.06. The van der Waals surface area contributed by atoms with Crippen LogP contribution < -0.4 is 5.32 Å². The Morgan fingerprint density at radius 1 is 1.25 bits per heavy atom. The molecule has 1 heterocycles. The van der Waals surface area contributed by atoms with Crippen LogP contribution in [-0.2, 0) is 6.18 Å². The highest BCUT2D eigenvalue weighted by Crippen LogP contribution is 2.34. The molecule has 0 spiro atoms. The van der Waals surface area contributed by atoms with Crippen LogP contribution in [-0.4, -0.2) is 6.54 Å². The number of hydrogen-bond donors (Lipinski definition) is 1. The summed E-state index contributed by atoms with van der Waals surface area (Å²) >= 11 is 3.10. The Labute approximate surface area is 106 Å². The Bertz CT molecular complexity index is 377. The van der Waals surface area contributed by atoms with Gasteiger partial charge in [0.2, 0.25) is 0 Å². The summed E-state index contributed by atoms with van der Waals surface area (Å²) in [6.07, 6.45) is -3.38. The molecule has 1 fully saturated rings. The minimum atomic E-state index is -4.28. The lowest BCUT2D eigenvalue weighted by molar-refractivity contribution is -0.137. The Morgan fingerprint density at radius 2 is 1.88 bits per heavy atom. The van der Waals surface area contributed by atoms with Crippen LogP contribution in [0.1, 0.15) is 23.6 Å².